The molecule has 1 aromatic carbocycles. The molecule has 1 atom stereocenters. The average molecular weight is 296 g/mol. The first-order valence-corrected chi connectivity index (χ1v) is 7.08. The van der Waals surface area contributed by atoms with Crippen LogP contribution < -0.4 is 10.1 Å². The van der Waals surface area contributed by atoms with E-state index in [1.54, 1.807) is 24.1 Å². The van der Waals surface area contributed by atoms with E-state index in [1.165, 1.54) is 12.1 Å². The first-order valence-electron chi connectivity index (χ1n) is 7.08. The molecule has 1 amide bonds. The minimum Gasteiger partial charge on any atom is -0.492 e. The molecule has 1 unspecified atom stereocenters. The Morgan fingerprint density at radius 2 is 2.43 bits per heavy atom. The summed E-state index contributed by atoms with van der Waals surface area (Å²) in [5.74, 6) is 0.180. The molecular weight excluding hydrogens is 275 g/mol. The lowest BCUT2D eigenvalue weighted by Crippen LogP contribution is -2.45. The third kappa shape index (κ3) is 5.32. The molecule has 1 saturated heterocycles. The molecule has 1 fully saturated rings. The van der Waals surface area contributed by atoms with Crippen LogP contribution in [0.15, 0.2) is 24.3 Å². The Kier molecular flexibility index (Phi) is 5.95. The van der Waals surface area contributed by atoms with Gasteiger partial charge >= 0.3 is 0 Å². The molecule has 1 aromatic rings. The molecule has 0 radical (unpaired) electrons. The molecule has 5 nitrogen and oxygen atoms in total. The molecule has 1 aliphatic heterocycles. The quantitative estimate of drug-likeness (QED) is 0.852. The van der Waals surface area contributed by atoms with Gasteiger partial charge in [0.2, 0.25) is 5.91 Å². The van der Waals surface area contributed by atoms with Gasteiger partial charge < -0.3 is 19.7 Å². The lowest BCUT2D eigenvalue weighted by Gasteiger charge is -2.25. The highest BCUT2D eigenvalue weighted by Crippen LogP contribution is 2.11. The molecule has 0 spiro atoms. The van der Waals surface area contributed by atoms with E-state index < -0.39 is 0 Å². The second-order valence-corrected chi connectivity index (χ2v) is 5.05. The Hall–Kier alpha value is -1.66. The monoisotopic (exact) mass is 296 g/mol. The van der Waals surface area contributed by atoms with Gasteiger partial charge in [0.15, 0.2) is 0 Å². The molecule has 116 valence electrons. The summed E-state index contributed by atoms with van der Waals surface area (Å²) < 4.78 is 23.7. The molecule has 0 saturated carbocycles. The topological polar surface area (TPSA) is 50.8 Å². The van der Waals surface area contributed by atoms with Crippen molar-refractivity contribution in [2.24, 2.45) is 0 Å². The Labute approximate surface area is 124 Å². The zero-order valence-corrected chi connectivity index (χ0v) is 12.2. The Morgan fingerprint density at radius 3 is 3.14 bits per heavy atom. The van der Waals surface area contributed by atoms with Gasteiger partial charge in [-0.2, -0.15) is 0 Å². The fourth-order valence-electron chi connectivity index (χ4n) is 2.10. The number of halogens is 1. The third-order valence-corrected chi connectivity index (χ3v) is 3.34. The standard InChI is InChI=1S/C15H21FN2O3/c1-18(15(19)10-13-11-20-7-5-17-13)6-8-21-14-4-2-3-12(16)9-14/h2-4,9,13,17H,5-8,10-11H2,1H3. The Balaban J connectivity index is 1.68. The van der Waals surface area contributed by atoms with Crippen LogP contribution in [-0.2, 0) is 9.53 Å². The van der Waals surface area contributed by atoms with Crippen LogP contribution in [0, 0.1) is 5.82 Å². The number of benzene rings is 1. The van der Waals surface area contributed by atoms with Crippen molar-refractivity contribution in [1.29, 1.82) is 0 Å². The predicted molar refractivity (Wildman–Crippen MR) is 76.8 cm³/mol. The summed E-state index contributed by atoms with van der Waals surface area (Å²) in [6, 6.07) is 6.05. The third-order valence-electron chi connectivity index (χ3n) is 3.34. The molecule has 21 heavy (non-hydrogen) atoms. The summed E-state index contributed by atoms with van der Waals surface area (Å²) in [6.07, 6.45) is 0.413. The van der Waals surface area contributed by atoms with Gasteiger partial charge in [-0.15, -0.1) is 0 Å². The summed E-state index contributed by atoms with van der Waals surface area (Å²) in [4.78, 5) is 13.6. The smallest absolute Gasteiger partial charge is 0.224 e. The van der Waals surface area contributed by atoms with E-state index >= 15 is 0 Å². The van der Waals surface area contributed by atoms with Gasteiger partial charge in [-0.05, 0) is 12.1 Å². The van der Waals surface area contributed by atoms with Crippen LogP contribution in [0.2, 0.25) is 0 Å². The van der Waals surface area contributed by atoms with E-state index in [2.05, 4.69) is 5.32 Å². The number of rotatable bonds is 6. The predicted octanol–water partition coefficient (Wildman–Crippen LogP) is 1.04. The molecule has 0 aromatic heterocycles. The van der Waals surface area contributed by atoms with Crippen molar-refractivity contribution >= 4 is 5.91 Å². The van der Waals surface area contributed by atoms with Gasteiger partial charge in [0, 0.05) is 32.1 Å². The number of nitrogens with zero attached hydrogens (tertiary/aromatic N) is 1. The number of nitrogens with one attached hydrogen (secondary N) is 1. The number of carbonyl (C=O) groups is 1. The number of likely N-dealkylation sites (N-methyl/N-ethyl adjacent to an activating group) is 1. The number of hydrogen-bond acceptors (Lipinski definition) is 4. The molecule has 6 heteroatoms. The van der Waals surface area contributed by atoms with Crippen molar-refractivity contribution in [3.63, 3.8) is 0 Å². The van der Waals surface area contributed by atoms with E-state index in [4.69, 9.17) is 9.47 Å². The summed E-state index contributed by atoms with van der Waals surface area (Å²) in [6.45, 7) is 2.84. The second-order valence-electron chi connectivity index (χ2n) is 5.05. The zero-order valence-electron chi connectivity index (χ0n) is 12.2. The van der Waals surface area contributed by atoms with Gasteiger partial charge in [-0.25, -0.2) is 4.39 Å². The average Bonchev–Trinajstić information content (AvgIpc) is 2.48. The summed E-state index contributed by atoms with van der Waals surface area (Å²) in [7, 11) is 1.74. The minimum absolute atomic E-state index is 0.0424. The molecular formula is C15H21FN2O3. The van der Waals surface area contributed by atoms with E-state index in [9.17, 15) is 9.18 Å². The molecule has 1 N–H and O–H groups in total. The van der Waals surface area contributed by atoms with Crippen molar-refractivity contribution in [2.45, 2.75) is 12.5 Å². The lowest BCUT2D eigenvalue weighted by molar-refractivity contribution is -0.131. The second kappa shape index (κ2) is 7.95. The largest absolute Gasteiger partial charge is 0.492 e. The molecule has 0 aliphatic carbocycles. The van der Waals surface area contributed by atoms with E-state index in [1.807, 2.05) is 0 Å². The van der Waals surface area contributed by atoms with Crippen molar-refractivity contribution in [1.82, 2.24) is 10.2 Å². The van der Waals surface area contributed by atoms with Crippen molar-refractivity contribution < 1.29 is 18.7 Å². The van der Waals surface area contributed by atoms with Gasteiger partial charge in [0.25, 0.3) is 0 Å². The van der Waals surface area contributed by atoms with E-state index in [0.29, 0.717) is 38.5 Å². The van der Waals surface area contributed by atoms with Gasteiger partial charge in [-0.1, -0.05) is 6.07 Å². The van der Waals surface area contributed by atoms with Crippen LogP contribution in [0.5, 0.6) is 5.75 Å². The maximum absolute atomic E-state index is 13.0. The molecule has 1 aliphatic rings. The Morgan fingerprint density at radius 1 is 1.57 bits per heavy atom. The number of morpholine rings is 1. The van der Waals surface area contributed by atoms with Gasteiger partial charge in [-0.3, -0.25) is 4.79 Å². The first-order chi connectivity index (χ1) is 10.1. The summed E-state index contributed by atoms with van der Waals surface area (Å²) in [5, 5.41) is 3.25. The fraction of sp³-hybridized carbons (Fsp3) is 0.533. The maximum atomic E-state index is 13.0. The van der Waals surface area contributed by atoms with Crippen LogP contribution in [0.3, 0.4) is 0 Å². The number of amides is 1. The SMILES string of the molecule is CN(CCOc1cccc(F)c1)C(=O)CC1COCCN1. The number of ether oxygens (including phenoxy) is 2. The summed E-state index contributed by atoms with van der Waals surface area (Å²) in [5.41, 5.74) is 0. The van der Waals surface area contributed by atoms with Crippen LogP contribution in [0.25, 0.3) is 0 Å². The van der Waals surface area contributed by atoms with Crippen LogP contribution in [0.1, 0.15) is 6.42 Å². The molecule has 2 rings (SSSR count). The minimum atomic E-state index is -0.333. The number of carbonyl (C=O) groups excluding carboxylic acids is 1. The van der Waals surface area contributed by atoms with E-state index in [0.717, 1.165) is 6.54 Å². The van der Waals surface area contributed by atoms with Gasteiger partial charge in [0.05, 0.1) is 19.8 Å². The highest BCUT2D eigenvalue weighted by atomic mass is 19.1. The van der Waals surface area contributed by atoms with Crippen molar-refractivity contribution in [3.8, 4) is 5.75 Å². The molecule has 1 heterocycles. The summed E-state index contributed by atoms with van der Waals surface area (Å²) >= 11 is 0. The maximum Gasteiger partial charge on any atom is 0.224 e. The highest BCUT2D eigenvalue weighted by Gasteiger charge is 2.19. The molecule has 0 bridgehead atoms. The zero-order chi connectivity index (χ0) is 15.1. The van der Waals surface area contributed by atoms with E-state index in [-0.39, 0.29) is 17.8 Å². The first kappa shape index (κ1) is 15.7. The van der Waals surface area contributed by atoms with Crippen molar-refractivity contribution in [2.75, 3.05) is 40.0 Å². The van der Waals surface area contributed by atoms with Crippen LogP contribution >= 0.6 is 0 Å². The van der Waals surface area contributed by atoms with Gasteiger partial charge in [0.1, 0.15) is 18.2 Å². The number of hydrogen-bond donors (Lipinski definition) is 1. The van der Waals surface area contributed by atoms with Crippen LogP contribution in [-0.4, -0.2) is 56.8 Å². The highest BCUT2D eigenvalue weighted by molar-refractivity contribution is 5.76. The fourth-order valence-corrected chi connectivity index (χ4v) is 2.10. The van der Waals surface area contributed by atoms with Crippen LogP contribution in [0.4, 0.5) is 4.39 Å². The Bertz CT molecular complexity index is 464. The normalized spacial score (nSPS) is 18.3. The lowest BCUT2D eigenvalue weighted by atomic mass is 10.2. The van der Waals surface area contributed by atoms with Crippen molar-refractivity contribution in [3.05, 3.63) is 30.1 Å².